The Morgan fingerprint density at radius 1 is 1.30 bits per heavy atom. The third-order valence-electron chi connectivity index (χ3n) is 5.06. The van der Waals surface area contributed by atoms with Gasteiger partial charge >= 0.3 is 5.97 Å². The number of aromatic nitrogens is 1. The van der Waals surface area contributed by atoms with Gasteiger partial charge in [0.1, 0.15) is 0 Å². The highest BCUT2D eigenvalue weighted by atomic mass is 16.5. The van der Waals surface area contributed by atoms with E-state index >= 15 is 0 Å². The van der Waals surface area contributed by atoms with Crippen molar-refractivity contribution in [3.05, 3.63) is 35.5 Å². The first-order valence-electron chi connectivity index (χ1n) is 8.47. The zero-order valence-electron chi connectivity index (χ0n) is 13.5. The molecule has 0 radical (unpaired) electrons. The summed E-state index contributed by atoms with van der Waals surface area (Å²) in [5, 5.41) is 1.35. The van der Waals surface area contributed by atoms with Crippen molar-refractivity contribution >= 4 is 16.9 Å². The van der Waals surface area contributed by atoms with Gasteiger partial charge in [-0.15, -0.1) is 0 Å². The minimum Gasteiger partial charge on any atom is -0.465 e. The third-order valence-corrected chi connectivity index (χ3v) is 5.06. The number of benzene rings is 1. The number of fused-ring (bicyclic) bond motifs is 5. The second-order valence-electron chi connectivity index (χ2n) is 6.40. The molecule has 0 aliphatic carbocycles. The smallest absolute Gasteiger partial charge is 0.320 e. The van der Waals surface area contributed by atoms with Crippen LogP contribution in [0.25, 0.3) is 10.9 Å². The van der Waals surface area contributed by atoms with Crippen LogP contribution in [0.15, 0.2) is 24.3 Å². The maximum absolute atomic E-state index is 11.8. The number of para-hydroxylation sites is 1. The van der Waals surface area contributed by atoms with Crippen molar-refractivity contribution in [2.24, 2.45) is 0 Å². The molecule has 122 valence electrons. The van der Waals surface area contributed by atoms with Gasteiger partial charge in [-0.1, -0.05) is 18.2 Å². The van der Waals surface area contributed by atoms with Crippen LogP contribution < -0.4 is 0 Å². The van der Waals surface area contributed by atoms with Crippen molar-refractivity contribution in [3.63, 3.8) is 0 Å². The molecule has 1 unspecified atom stereocenters. The van der Waals surface area contributed by atoms with Crippen LogP contribution in [0, 0.1) is 0 Å². The first kappa shape index (κ1) is 14.7. The minimum atomic E-state index is -0.117. The fourth-order valence-corrected chi connectivity index (χ4v) is 3.98. The van der Waals surface area contributed by atoms with Gasteiger partial charge in [-0.2, -0.15) is 0 Å². The predicted octanol–water partition coefficient (Wildman–Crippen LogP) is 1.95. The largest absolute Gasteiger partial charge is 0.465 e. The van der Waals surface area contributed by atoms with E-state index in [4.69, 9.17) is 4.74 Å². The number of nitrogens with zero attached hydrogens (tertiary/aromatic N) is 2. The number of hydrogen-bond donors (Lipinski definition) is 1. The number of ether oxygens (including phenoxy) is 1. The van der Waals surface area contributed by atoms with Crippen LogP contribution in [-0.2, 0) is 16.0 Å². The van der Waals surface area contributed by atoms with E-state index < -0.39 is 0 Å². The minimum absolute atomic E-state index is 0.117. The number of rotatable bonds is 3. The Balaban J connectivity index is 1.59. The van der Waals surface area contributed by atoms with E-state index in [1.54, 1.807) is 0 Å². The van der Waals surface area contributed by atoms with Crippen LogP contribution in [0.2, 0.25) is 0 Å². The van der Waals surface area contributed by atoms with Gasteiger partial charge in [-0.25, -0.2) is 0 Å². The summed E-state index contributed by atoms with van der Waals surface area (Å²) in [5.41, 5.74) is 4.02. The standard InChI is InChI=1S/C18H23N3O2/c1-2-23-17(22)12-20-9-10-21-8-7-14-13-5-3-4-6-15(13)19-18(14)16(21)11-20/h3-6,16,19H,2,7-12H2,1H3. The van der Waals surface area contributed by atoms with Crippen molar-refractivity contribution in [1.82, 2.24) is 14.8 Å². The SMILES string of the molecule is CCOC(=O)CN1CCN2CCc3c([nH]c4ccccc34)C2C1. The van der Waals surface area contributed by atoms with Gasteiger partial charge in [0.25, 0.3) is 0 Å². The van der Waals surface area contributed by atoms with Crippen molar-refractivity contribution in [2.75, 3.05) is 39.3 Å². The molecule has 2 aromatic rings. The molecule has 1 fully saturated rings. The summed E-state index contributed by atoms with van der Waals surface area (Å²) in [4.78, 5) is 20.2. The van der Waals surface area contributed by atoms with Crippen molar-refractivity contribution < 1.29 is 9.53 Å². The zero-order chi connectivity index (χ0) is 15.8. The molecule has 5 heteroatoms. The maximum Gasteiger partial charge on any atom is 0.320 e. The number of H-pyrrole nitrogens is 1. The van der Waals surface area contributed by atoms with E-state index in [1.807, 2.05) is 6.92 Å². The molecule has 23 heavy (non-hydrogen) atoms. The number of esters is 1. The Labute approximate surface area is 136 Å². The number of aromatic amines is 1. The van der Waals surface area contributed by atoms with Gasteiger partial charge in [0.05, 0.1) is 19.2 Å². The summed E-state index contributed by atoms with van der Waals surface area (Å²) in [6.45, 7) is 6.64. The zero-order valence-corrected chi connectivity index (χ0v) is 13.5. The van der Waals surface area contributed by atoms with Crippen LogP contribution in [0.1, 0.15) is 24.2 Å². The highest BCUT2D eigenvalue weighted by Gasteiger charge is 2.35. The van der Waals surface area contributed by atoms with Crippen LogP contribution in [0.3, 0.4) is 0 Å². The van der Waals surface area contributed by atoms with E-state index in [1.165, 1.54) is 22.2 Å². The molecule has 0 amide bonds. The summed E-state index contributed by atoms with van der Waals surface area (Å²) in [5.74, 6) is -0.117. The van der Waals surface area contributed by atoms with Gasteiger partial charge in [0.2, 0.25) is 0 Å². The van der Waals surface area contributed by atoms with E-state index in [0.717, 1.165) is 32.6 Å². The fraction of sp³-hybridized carbons (Fsp3) is 0.500. The van der Waals surface area contributed by atoms with Gasteiger partial charge in [-0.05, 0) is 25.0 Å². The molecule has 0 spiro atoms. The van der Waals surface area contributed by atoms with Crippen LogP contribution >= 0.6 is 0 Å². The molecule has 0 saturated carbocycles. The van der Waals surface area contributed by atoms with Crippen molar-refractivity contribution in [2.45, 2.75) is 19.4 Å². The monoisotopic (exact) mass is 313 g/mol. The molecule has 1 aromatic carbocycles. The number of hydrogen-bond acceptors (Lipinski definition) is 4. The lowest BCUT2D eigenvalue weighted by Gasteiger charge is -2.43. The Bertz CT molecular complexity index is 724. The van der Waals surface area contributed by atoms with Gasteiger partial charge in [0.15, 0.2) is 0 Å². The average Bonchev–Trinajstić information content (AvgIpc) is 2.94. The van der Waals surface area contributed by atoms with Crippen LogP contribution in [-0.4, -0.2) is 60.1 Å². The molecule has 4 rings (SSSR count). The fourth-order valence-electron chi connectivity index (χ4n) is 3.98. The first-order valence-corrected chi connectivity index (χ1v) is 8.47. The molecule has 1 N–H and O–H groups in total. The molecule has 0 bridgehead atoms. The van der Waals surface area contributed by atoms with E-state index in [2.05, 4.69) is 39.0 Å². The van der Waals surface area contributed by atoms with Crippen LogP contribution in [0.4, 0.5) is 0 Å². The van der Waals surface area contributed by atoms with Gasteiger partial charge in [0, 0.05) is 42.8 Å². The van der Waals surface area contributed by atoms with E-state index in [9.17, 15) is 4.79 Å². The first-order chi connectivity index (χ1) is 11.3. The normalized spacial score (nSPS) is 21.9. The van der Waals surface area contributed by atoms with Crippen molar-refractivity contribution in [1.29, 1.82) is 0 Å². The quantitative estimate of drug-likeness (QED) is 0.880. The second-order valence-corrected chi connectivity index (χ2v) is 6.40. The molecule has 1 saturated heterocycles. The van der Waals surface area contributed by atoms with E-state index in [-0.39, 0.29) is 5.97 Å². The number of carbonyl (C=O) groups is 1. The highest BCUT2D eigenvalue weighted by molar-refractivity contribution is 5.85. The molecule has 2 aliphatic heterocycles. The summed E-state index contributed by atoms with van der Waals surface area (Å²) >= 11 is 0. The molecule has 5 nitrogen and oxygen atoms in total. The summed E-state index contributed by atoms with van der Waals surface area (Å²) in [6, 6.07) is 8.90. The molecule has 2 aliphatic rings. The molecular weight excluding hydrogens is 290 g/mol. The Morgan fingerprint density at radius 2 is 2.17 bits per heavy atom. The number of carbonyl (C=O) groups excluding carboxylic acids is 1. The summed E-state index contributed by atoms with van der Waals surface area (Å²) < 4.78 is 5.10. The Kier molecular flexibility index (Phi) is 3.83. The summed E-state index contributed by atoms with van der Waals surface area (Å²) in [7, 11) is 0. The van der Waals surface area contributed by atoms with E-state index in [0.29, 0.717) is 19.2 Å². The molecule has 3 heterocycles. The molecular formula is C18H23N3O2. The van der Waals surface area contributed by atoms with Gasteiger partial charge in [-0.3, -0.25) is 14.6 Å². The summed E-state index contributed by atoms with van der Waals surface area (Å²) in [6.07, 6.45) is 1.10. The van der Waals surface area contributed by atoms with Gasteiger partial charge < -0.3 is 9.72 Å². The lowest BCUT2D eigenvalue weighted by atomic mass is 9.95. The lowest BCUT2D eigenvalue weighted by molar-refractivity contribution is -0.145. The predicted molar refractivity (Wildman–Crippen MR) is 89.4 cm³/mol. The average molecular weight is 313 g/mol. The molecule has 1 atom stereocenters. The maximum atomic E-state index is 11.8. The Hall–Kier alpha value is -1.85. The Morgan fingerprint density at radius 3 is 3.04 bits per heavy atom. The second kappa shape index (κ2) is 5.98. The number of nitrogens with one attached hydrogen (secondary N) is 1. The highest BCUT2D eigenvalue weighted by Crippen LogP contribution is 2.36. The lowest BCUT2D eigenvalue weighted by Crippen LogP contribution is -2.52. The molecule has 1 aromatic heterocycles. The van der Waals surface area contributed by atoms with Crippen LogP contribution in [0.5, 0.6) is 0 Å². The number of piperazine rings is 1. The topological polar surface area (TPSA) is 48.6 Å². The van der Waals surface area contributed by atoms with Crippen molar-refractivity contribution in [3.8, 4) is 0 Å². The third kappa shape index (κ3) is 2.64.